The first-order valence-electron chi connectivity index (χ1n) is 11.6. The molecule has 0 saturated carbocycles. The van der Waals surface area contributed by atoms with E-state index in [1.807, 2.05) is 66.7 Å². The molecule has 4 aromatic carbocycles. The fourth-order valence-corrected chi connectivity index (χ4v) is 3.93. The summed E-state index contributed by atoms with van der Waals surface area (Å²) in [5.41, 5.74) is 4.70. The van der Waals surface area contributed by atoms with Gasteiger partial charge in [-0.2, -0.15) is 10.2 Å². The molecule has 5 aromatic rings. The van der Waals surface area contributed by atoms with Gasteiger partial charge in [-0.15, -0.1) is 0 Å². The summed E-state index contributed by atoms with van der Waals surface area (Å²) in [4.78, 5) is 18.2. The molecule has 0 spiro atoms. The van der Waals surface area contributed by atoms with E-state index in [9.17, 15) is 4.79 Å². The lowest BCUT2D eigenvalue weighted by Gasteiger charge is -2.13. The second-order valence-corrected chi connectivity index (χ2v) is 8.17. The first kappa shape index (κ1) is 23.7. The van der Waals surface area contributed by atoms with Crippen molar-refractivity contribution in [3.8, 4) is 22.8 Å². The van der Waals surface area contributed by atoms with Gasteiger partial charge in [0.2, 0.25) is 0 Å². The van der Waals surface area contributed by atoms with Gasteiger partial charge in [-0.1, -0.05) is 36.4 Å². The van der Waals surface area contributed by atoms with Crippen molar-refractivity contribution in [2.24, 2.45) is 10.2 Å². The minimum Gasteiger partial charge on any atom is -0.497 e. The Morgan fingerprint density at radius 2 is 1.46 bits per heavy atom. The number of rotatable bonds is 7. The second-order valence-electron chi connectivity index (χ2n) is 8.17. The maximum Gasteiger partial charge on any atom is 0.256 e. The molecule has 0 aliphatic heterocycles. The Labute approximate surface area is 214 Å². The predicted octanol–water partition coefficient (Wildman–Crippen LogP) is 7.59. The van der Waals surface area contributed by atoms with Gasteiger partial charge in [0, 0.05) is 22.7 Å². The number of methoxy groups -OCH3 is 2. The molecule has 7 heteroatoms. The molecule has 37 heavy (non-hydrogen) atoms. The molecule has 1 heterocycles. The molecule has 5 rings (SSSR count). The van der Waals surface area contributed by atoms with E-state index in [1.165, 1.54) is 0 Å². The number of hydrogen-bond acceptors (Lipinski definition) is 6. The van der Waals surface area contributed by atoms with Crippen molar-refractivity contribution in [1.29, 1.82) is 0 Å². The van der Waals surface area contributed by atoms with Crippen molar-refractivity contribution in [2.45, 2.75) is 0 Å². The number of carbonyl (C=O) groups excluding carboxylic acids is 1. The summed E-state index contributed by atoms with van der Waals surface area (Å²) in [7, 11) is 3.19. The molecule has 0 bridgehead atoms. The number of fused-ring (bicyclic) bond motifs is 1. The van der Waals surface area contributed by atoms with E-state index < -0.39 is 0 Å². The van der Waals surface area contributed by atoms with Crippen molar-refractivity contribution >= 4 is 33.9 Å². The number of pyridine rings is 1. The first-order chi connectivity index (χ1) is 18.1. The van der Waals surface area contributed by atoms with Gasteiger partial charge in [-0.3, -0.25) is 4.79 Å². The van der Waals surface area contributed by atoms with Crippen molar-refractivity contribution in [3.05, 3.63) is 109 Å². The highest BCUT2D eigenvalue weighted by Gasteiger charge is 2.17. The highest BCUT2D eigenvalue weighted by atomic mass is 16.5. The van der Waals surface area contributed by atoms with Crippen LogP contribution >= 0.6 is 0 Å². The molecule has 0 aliphatic rings. The number of nitrogens with one attached hydrogen (secondary N) is 1. The first-order valence-corrected chi connectivity index (χ1v) is 11.6. The second kappa shape index (κ2) is 10.7. The Balaban J connectivity index is 1.44. The molecule has 0 aliphatic carbocycles. The number of amides is 1. The van der Waals surface area contributed by atoms with Crippen molar-refractivity contribution in [2.75, 3.05) is 19.5 Å². The number of carbonyl (C=O) groups is 1. The van der Waals surface area contributed by atoms with Crippen LogP contribution in [0.3, 0.4) is 0 Å². The Morgan fingerprint density at radius 3 is 2.19 bits per heavy atom. The fraction of sp³-hybridized carbons (Fsp3) is 0.0667. The summed E-state index contributed by atoms with van der Waals surface area (Å²) in [6.45, 7) is 0. The number of azo groups is 1. The summed E-state index contributed by atoms with van der Waals surface area (Å²) in [6, 6.07) is 31.6. The van der Waals surface area contributed by atoms with Gasteiger partial charge < -0.3 is 14.8 Å². The van der Waals surface area contributed by atoms with E-state index in [4.69, 9.17) is 14.5 Å². The zero-order valence-corrected chi connectivity index (χ0v) is 20.4. The van der Waals surface area contributed by atoms with E-state index >= 15 is 0 Å². The standard InChI is InChI=1S/C30H24N4O3/c1-36-23-16-17-25(29(18-23)37-2)28-19-26(24-10-6-7-11-27(24)32-28)30(35)31-20-12-14-22(15-13-20)34-33-21-8-4-3-5-9-21/h3-19H,1-2H3,(H,31,35). The third-order valence-corrected chi connectivity index (χ3v) is 5.81. The molecule has 0 atom stereocenters. The van der Waals surface area contributed by atoms with E-state index in [0.717, 1.165) is 16.6 Å². The van der Waals surface area contributed by atoms with Crippen LogP contribution in [0.1, 0.15) is 10.4 Å². The highest BCUT2D eigenvalue weighted by Crippen LogP contribution is 2.34. The van der Waals surface area contributed by atoms with E-state index in [-0.39, 0.29) is 5.91 Å². The van der Waals surface area contributed by atoms with Crippen LogP contribution in [0, 0.1) is 0 Å². The van der Waals surface area contributed by atoms with Crippen LogP contribution in [0.25, 0.3) is 22.2 Å². The number of ether oxygens (including phenoxy) is 2. The van der Waals surface area contributed by atoms with Crippen molar-refractivity contribution < 1.29 is 14.3 Å². The number of aromatic nitrogens is 1. The normalized spacial score (nSPS) is 11.0. The molecule has 0 saturated heterocycles. The van der Waals surface area contributed by atoms with E-state index in [0.29, 0.717) is 39.6 Å². The van der Waals surface area contributed by atoms with Gasteiger partial charge in [0.05, 0.1) is 42.4 Å². The number of para-hydroxylation sites is 1. The number of benzene rings is 4. The molecular weight excluding hydrogens is 464 g/mol. The van der Waals surface area contributed by atoms with Crippen LogP contribution in [0.15, 0.2) is 113 Å². The Morgan fingerprint density at radius 1 is 0.757 bits per heavy atom. The molecule has 0 unspecified atom stereocenters. The smallest absolute Gasteiger partial charge is 0.256 e. The Hall–Kier alpha value is -5.04. The van der Waals surface area contributed by atoms with Gasteiger partial charge in [-0.05, 0) is 60.7 Å². The van der Waals surface area contributed by atoms with Crippen LogP contribution in [0.2, 0.25) is 0 Å². The molecule has 182 valence electrons. The Bertz CT molecular complexity index is 1580. The van der Waals surface area contributed by atoms with Gasteiger partial charge >= 0.3 is 0 Å². The number of hydrogen-bond donors (Lipinski definition) is 1. The lowest BCUT2D eigenvalue weighted by molar-refractivity contribution is 0.102. The maximum atomic E-state index is 13.4. The summed E-state index contributed by atoms with van der Waals surface area (Å²) in [6.07, 6.45) is 0. The van der Waals surface area contributed by atoms with Crippen LogP contribution in [0.4, 0.5) is 17.1 Å². The largest absolute Gasteiger partial charge is 0.497 e. The quantitative estimate of drug-likeness (QED) is 0.239. The average molecular weight is 489 g/mol. The summed E-state index contributed by atoms with van der Waals surface area (Å²) in [5.74, 6) is 1.03. The third kappa shape index (κ3) is 5.31. The van der Waals surface area contributed by atoms with Crippen LogP contribution in [-0.2, 0) is 0 Å². The molecular formula is C30H24N4O3. The fourth-order valence-electron chi connectivity index (χ4n) is 3.93. The SMILES string of the molecule is COc1ccc(-c2cc(C(=O)Nc3ccc(N=Nc4ccccc4)cc3)c3ccccc3n2)c(OC)c1. The molecule has 0 radical (unpaired) electrons. The van der Waals surface area contributed by atoms with Gasteiger partial charge in [0.25, 0.3) is 5.91 Å². The lowest BCUT2D eigenvalue weighted by Crippen LogP contribution is -2.13. The molecule has 1 amide bonds. The van der Waals surface area contributed by atoms with Gasteiger partial charge in [0.15, 0.2) is 0 Å². The monoisotopic (exact) mass is 488 g/mol. The highest BCUT2D eigenvalue weighted by molar-refractivity contribution is 6.13. The minimum absolute atomic E-state index is 0.244. The summed E-state index contributed by atoms with van der Waals surface area (Å²) in [5, 5.41) is 12.2. The Kier molecular flexibility index (Phi) is 6.85. The van der Waals surface area contributed by atoms with E-state index in [1.54, 1.807) is 50.6 Å². The zero-order chi connectivity index (χ0) is 25.6. The maximum absolute atomic E-state index is 13.4. The average Bonchev–Trinajstić information content (AvgIpc) is 2.96. The van der Waals surface area contributed by atoms with Gasteiger partial charge in [-0.25, -0.2) is 4.98 Å². The van der Waals surface area contributed by atoms with Crippen LogP contribution < -0.4 is 14.8 Å². The minimum atomic E-state index is -0.244. The molecule has 7 nitrogen and oxygen atoms in total. The van der Waals surface area contributed by atoms with Gasteiger partial charge in [0.1, 0.15) is 11.5 Å². The topological polar surface area (TPSA) is 85.2 Å². The zero-order valence-electron chi connectivity index (χ0n) is 20.4. The predicted molar refractivity (Wildman–Crippen MR) is 145 cm³/mol. The number of anilines is 1. The molecule has 1 aromatic heterocycles. The molecule has 1 N–H and O–H groups in total. The van der Waals surface area contributed by atoms with Crippen LogP contribution in [0.5, 0.6) is 11.5 Å². The van der Waals surface area contributed by atoms with Crippen molar-refractivity contribution in [3.63, 3.8) is 0 Å². The van der Waals surface area contributed by atoms with E-state index in [2.05, 4.69) is 15.5 Å². The number of nitrogens with zero attached hydrogens (tertiary/aromatic N) is 3. The third-order valence-electron chi connectivity index (χ3n) is 5.81. The summed E-state index contributed by atoms with van der Waals surface area (Å²) < 4.78 is 10.9. The molecule has 0 fully saturated rings. The lowest BCUT2D eigenvalue weighted by atomic mass is 10.0. The summed E-state index contributed by atoms with van der Waals surface area (Å²) >= 11 is 0. The van der Waals surface area contributed by atoms with Crippen molar-refractivity contribution in [1.82, 2.24) is 4.98 Å². The van der Waals surface area contributed by atoms with Crippen LogP contribution in [-0.4, -0.2) is 25.1 Å².